The van der Waals surface area contributed by atoms with Crippen LogP contribution in [0.4, 0.5) is 14.5 Å². The quantitative estimate of drug-likeness (QED) is 0.780. The fourth-order valence-electron chi connectivity index (χ4n) is 2.80. The van der Waals surface area contributed by atoms with E-state index in [1.54, 1.807) is 0 Å². The zero-order chi connectivity index (χ0) is 20.9. The molecule has 2 aromatic rings. The van der Waals surface area contributed by atoms with E-state index in [1.165, 1.54) is 20.9 Å². The van der Waals surface area contributed by atoms with Gasteiger partial charge in [-0.2, -0.15) is 0 Å². The van der Waals surface area contributed by atoms with Crippen molar-refractivity contribution >= 4 is 27.6 Å². The van der Waals surface area contributed by atoms with Gasteiger partial charge in [-0.3, -0.25) is 4.79 Å². The van der Waals surface area contributed by atoms with E-state index in [0.717, 1.165) is 16.6 Å². The number of amides is 1. The standard InChI is InChI=1S/C16H17F2N5O4S/c1-8-20-13(6-27-8)14(24)21-12-4-9(10(17)5-11(12)18)16(2)7-28(25,26)23(3)15(19)22-16/h4-6H,7H2,1-3H3,(H2,19,22)(H,21,24)/t16-/m0/s1. The molecule has 0 spiro atoms. The molecule has 0 fully saturated rings. The number of aliphatic imine (C=N–C) groups is 1. The summed E-state index contributed by atoms with van der Waals surface area (Å²) in [5.74, 6) is -3.54. The number of anilines is 1. The minimum absolute atomic E-state index is 0.0990. The number of aromatic nitrogens is 1. The first-order valence-corrected chi connectivity index (χ1v) is 9.59. The summed E-state index contributed by atoms with van der Waals surface area (Å²) in [6.07, 6.45) is 1.09. The Kier molecular flexibility index (Phi) is 4.61. The van der Waals surface area contributed by atoms with Crippen LogP contribution in [-0.4, -0.2) is 42.4 Å². The Labute approximate surface area is 159 Å². The molecule has 0 unspecified atom stereocenters. The molecule has 2 heterocycles. The zero-order valence-corrected chi connectivity index (χ0v) is 16.0. The monoisotopic (exact) mass is 413 g/mol. The Morgan fingerprint density at radius 1 is 1.36 bits per heavy atom. The van der Waals surface area contributed by atoms with Crippen molar-refractivity contribution in [2.24, 2.45) is 10.7 Å². The summed E-state index contributed by atoms with van der Waals surface area (Å²) in [6.45, 7) is 2.88. The van der Waals surface area contributed by atoms with E-state index in [-0.39, 0.29) is 28.8 Å². The lowest BCUT2D eigenvalue weighted by Crippen LogP contribution is -2.50. The summed E-state index contributed by atoms with van der Waals surface area (Å²) in [7, 11) is -2.64. The number of nitrogens with zero attached hydrogens (tertiary/aromatic N) is 3. The van der Waals surface area contributed by atoms with Gasteiger partial charge in [0.1, 0.15) is 23.4 Å². The normalized spacial score (nSPS) is 21.3. The van der Waals surface area contributed by atoms with E-state index < -0.39 is 38.9 Å². The molecule has 1 aromatic carbocycles. The Balaban J connectivity index is 2.03. The molecule has 1 aliphatic heterocycles. The van der Waals surface area contributed by atoms with Crippen LogP contribution in [0.1, 0.15) is 28.9 Å². The lowest BCUT2D eigenvalue weighted by Gasteiger charge is -2.34. The number of benzene rings is 1. The van der Waals surface area contributed by atoms with Crippen LogP contribution < -0.4 is 11.1 Å². The van der Waals surface area contributed by atoms with Gasteiger partial charge < -0.3 is 15.5 Å². The number of aryl methyl sites for hydroxylation is 1. The molecule has 9 nitrogen and oxygen atoms in total. The number of carbonyl (C=O) groups excluding carboxylic acids is 1. The number of nitrogens with one attached hydrogen (secondary N) is 1. The molecule has 0 saturated carbocycles. The van der Waals surface area contributed by atoms with Crippen LogP contribution in [0.5, 0.6) is 0 Å². The molecule has 0 radical (unpaired) electrons. The van der Waals surface area contributed by atoms with E-state index in [1.807, 2.05) is 0 Å². The van der Waals surface area contributed by atoms with E-state index >= 15 is 0 Å². The molecule has 0 saturated heterocycles. The summed E-state index contributed by atoms with van der Waals surface area (Å²) in [5, 5.41) is 2.26. The Morgan fingerprint density at radius 3 is 2.61 bits per heavy atom. The Morgan fingerprint density at radius 2 is 2.04 bits per heavy atom. The maximum absolute atomic E-state index is 14.5. The summed E-state index contributed by atoms with van der Waals surface area (Å²) in [5.41, 5.74) is 3.34. The first-order chi connectivity index (χ1) is 12.9. The number of rotatable bonds is 3. The van der Waals surface area contributed by atoms with E-state index in [4.69, 9.17) is 10.2 Å². The van der Waals surface area contributed by atoms with Gasteiger partial charge in [-0.15, -0.1) is 0 Å². The summed E-state index contributed by atoms with van der Waals surface area (Å²) >= 11 is 0. The topological polar surface area (TPSA) is 131 Å². The average Bonchev–Trinajstić information content (AvgIpc) is 3.01. The van der Waals surface area contributed by atoms with Crippen molar-refractivity contribution in [3.05, 3.63) is 47.2 Å². The number of hydrogen-bond acceptors (Lipinski definition) is 7. The fraction of sp³-hybridized carbons (Fsp3) is 0.312. The van der Waals surface area contributed by atoms with E-state index in [0.29, 0.717) is 6.07 Å². The molecule has 3 rings (SSSR count). The fourth-order valence-corrected chi connectivity index (χ4v) is 4.25. The predicted octanol–water partition coefficient (Wildman–Crippen LogP) is 1.32. The van der Waals surface area contributed by atoms with Gasteiger partial charge in [-0.1, -0.05) is 0 Å². The molecule has 12 heteroatoms. The number of carbonyl (C=O) groups is 1. The second-order valence-corrected chi connectivity index (χ2v) is 8.49. The highest BCUT2D eigenvalue weighted by molar-refractivity contribution is 7.89. The lowest BCUT2D eigenvalue weighted by molar-refractivity contribution is 0.102. The van der Waals surface area contributed by atoms with Crippen LogP contribution >= 0.6 is 0 Å². The molecule has 0 aliphatic carbocycles. The third-order valence-corrected chi connectivity index (χ3v) is 6.25. The Hall–Kier alpha value is -3.02. The molecular weight excluding hydrogens is 396 g/mol. The van der Waals surface area contributed by atoms with Gasteiger partial charge in [0.25, 0.3) is 5.91 Å². The van der Waals surface area contributed by atoms with Gasteiger partial charge >= 0.3 is 0 Å². The minimum atomic E-state index is -3.86. The van der Waals surface area contributed by atoms with E-state index in [9.17, 15) is 22.0 Å². The smallest absolute Gasteiger partial charge is 0.277 e. The van der Waals surface area contributed by atoms with Gasteiger partial charge in [-0.05, 0) is 13.0 Å². The molecule has 3 N–H and O–H groups in total. The summed E-state index contributed by atoms with van der Waals surface area (Å²) in [6, 6.07) is 1.54. The first-order valence-electron chi connectivity index (χ1n) is 7.98. The number of sulfonamides is 1. The van der Waals surface area contributed by atoms with Crippen molar-refractivity contribution in [3.63, 3.8) is 0 Å². The second-order valence-electron chi connectivity index (χ2n) is 6.49. The largest absolute Gasteiger partial charge is 0.448 e. The van der Waals surface area contributed by atoms with E-state index in [2.05, 4.69) is 15.3 Å². The van der Waals surface area contributed by atoms with Gasteiger partial charge in [0.2, 0.25) is 16.0 Å². The molecule has 150 valence electrons. The number of halogens is 2. The number of nitrogens with two attached hydrogens (primary N) is 1. The highest BCUT2D eigenvalue weighted by Gasteiger charge is 2.42. The first kappa shape index (κ1) is 19.7. The van der Waals surface area contributed by atoms with Crippen molar-refractivity contribution in [1.29, 1.82) is 0 Å². The van der Waals surface area contributed by atoms with Crippen molar-refractivity contribution in [2.75, 3.05) is 18.1 Å². The van der Waals surface area contributed by atoms with Crippen molar-refractivity contribution < 1.29 is 26.4 Å². The van der Waals surface area contributed by atoms with Crippen LogP contribution in [0.3, 0.4) is 0 Å². The maximum Gasteiger partial charge on any atom is 0.277 e. The summed E-state index contributed by atoms with van der Waals surface area (Å²) < 4.78 is 59.0. The molecular formula is C16H17F2N5O4S. The second kappa shape index (κ2) is 6.55. The molecule has 1 amide bonds. The van der Waals surface area contributed by atoms with Crippen LogP contribution in [0.15, 0.2) is 27.8 Å². The van der Waals surface area contributed by atoms with Crippen LogP contribution in [0.25, 0.3) is 0 Å². The molecule has 0 bridgehead atoms. The number of guanidine groups is 1. The highest BCUT2D eigenvalue weighted by Crippen LogP contribution is 2.35. The van der Waals surface area contributed by atoms with Gasteiger partial charge in [-0.25, -0.2) is 31.5 Å². The molecule has 28 heavy (non-hydrogen) atoms. The van der Waals surface area contributed by atoms with Crippen LogP contribution in [0.2, 0.25) is 0 Å². The zero-order valence-electron chi connectivity index (χ0n) is 15.2. The third kappa shape index (κ3) is 3.42. The lowest BCUT2D eigenvalue weighted by atomic mass is 9.93. The third-order valence-electron chi connectivity index (χ3n) is 4.30. The van der Waals surface area contributed by atoms with Crippen LogP contribution in [-0.2, 0) is 15.6 Å². The SMILES string of the molecule is Cc1nc(C(=O)Nc2cc([C@]3(C)CS(=O)(=O)N(C)C(N)=N3)c(F)cc2F)co1. The number of oxazole rings is 1. The van der Waals surface area contributed by atoms with Crippen molar-refractivity contribution in [2.45, 2.75) is 19.4 Å². The van der Waals surface area contributed by atoms with Gasteiger partial charge in [0.05, 0.1) is 11.4 Å². The molecule has 1 atom stereocenters. The Bertz CT molecular complexity index is 1100. The van der Waals surface area contributed by atoms with Crippen molar-refractivity contribution in [1.82, 2.24) is 9.29 Å². The predicted molar refractivity (Wildman–Crippen MR) is 96.1 cm³/mol. The van der Waals surface area contributed by atoms with Crippen LogP contribution in [0, 0.1) is 18.6 Å². The summed E-state index contributed by atoms with van der Waals surface area (Å²) in [4.78, 5) is 20.1. The van der Waals surface area contributed by atoms with Gasteiger partial charge in [0, 0.05) is 25.6 Å². The minimum Gasteiger partial charge on any atom is -0.448 e. The highest BCUT2D eigenvalue weighted by atomic mass is 32.2. The molecule has 1 aromatic heterocycles. The van der Waals surface area contributed by atoms with Crippen molar-refractivity contribution in [3.8, 4) is 0 Å². The number of hydrogen-bond donors (Lipinski definition) is 2. The van der Waals surface area contributed by atoms with Gasteiger partial charge in [0.15, 0.2) is 11.6 Å². The average molecular weight is 413 g/mol. The maximum atomic E-state index is 14.5. The molecule has 1 aliphatic rings.